The Morgan fingerprint density at radius 1 is 0.903 bits per heavy atom. The Labute approximate surface area is 190 Å². The number of thiophene rings is 1. The Bertz CT molecular complexity index is 1010. The fraction of sp³-hybridized carbons (Fsp3) is 0.538. The zero-order valence-electron chi connectivity index (χ0n) is 18.8. The number of aryl methyl sites for hydroxylation is 3. The maximum Gasteiger partial charge on any atom is 0.141 e. The number of anilines is 1. The lowest BCUT2D eigenvalue weighted by Crippen LogP contribution is -2.47. The minimum atomic E-state index is 0.975. The summed E-state index contributed by atoms with van der Waals surface area (Å²) in [5.41, 5.74) is 3.01. The molecule has 0 amide bonds. The number of fused-ring (bicyclic) bond motifs is 3. The number of piperazine rings is 1. The summed E-state index contributed by atoms with van der Waals surface area (Å²) in [6, 6.07) is 10.9. The van der Waals surface area contributed by atoms with Crippen molar-refractivity contribution in [2.24, 2.45) is 0 Å². The predicted octanol–water partition coefficient (Wildman–Crippen LogP) is 5.28. The predicted molar refractivity (Wildman–Crippen MR) is 131 cm³/mol. The van der Waals surface area contributed by atoms with E-state index in [0.717, 1.165) is 57.8 Å². The average molecular weight is 435 g/mol. The average Bonchev–Trinajstić information content (AvgIpc) is 2.99. The van der Waals surface area contributed by atoms with Crippen LogP contribution < -0.4 is 4.90 Å². The van der Waals surface area contributed by atoms with Gasteiger partial charge in [-0.2, -0.15) is 0 Å². The third-order valence-corrected chi connectivity index (χ3v) is 7.98. The maximum atomic E-state index is 5.15. The largest absolute Gasteiger partial charge is 0.353 e. The molecule has 1 aliphatic carbocycles. The van der Waals surface area contributed by atoms with Crippen LogP contribution in [-0.4, -0.2) is 47.6 Å². The van der Waals surface area contributed by atoms with Gasteiger partial charge in [0.2, 0.25) is 0 Å². The Balaban J connectivity index is 1.36. The zero-order valence-corrected chi connectivity index (χ0v) is 19.6. The number of rotatable bonds is 6. The molecule has 0 saturated carbocycles. The first-order valence-corrected chi connectivity index (χ1v) is 13.0. The normalized spacial score (nSPS) is 17.6. The molecule has 1 fully saturated rings. The molecular weight excluding hydrogens is 400 g/mol. The highest BCUT2D eigenvalue weighted by atomic mass is 32.1. The lowest BCUT2D eigenvalue weighted by molar-refractivity contribution is 0.260. The van der Waals surface area contributed by atoms with E-state index in [1.807, 2.05) is 11.3 Å². The Morgan fingerprint density at radius 3 is 2.52 bits per heavy atom. The number of benzene rings is 1. The topological polar surface area (TPSA) is 32.3 Å². The molecule has 0 bridgehead atoms. The van der Waals surface area contributed by atoms with Crippen LogP contribution in [0.5, 0.6) is 0 Å². The summed E-state index contributed by atoms with van der Waals surface area (Å²) < 4.78 is 0. The molecule has 2 aliphatic rings. The lowest BCUT2D eigenvalue weighted by Gasteiger charge is -2.36. The van der Waals surface area contributed by atoms with E-state index in [1.54, 1.807) is 10.4 Å². The molecular formula is C26H34N4S. The highest BCUT2D eigenvalue weighted by Crippen LogP contribution is 2.39. The van der Waals surface area contributed by atoms with Crippen LogP contribution in [0.2, 0.25) is 0 Å². The first-order chi connectivity index (χ1) is 15.3. The molecule has 5 rings (SSSR count). The minimum Gasteiger partial charge on any atom is -0.353 e. The summed E-state index contributed by atoms with van der Waals surface area (Å²) in [4.78, 5) is 18.1. The van der Waals surface area contributed by atoms with Crippen molar-refractivity contribution in [1.82, 2.24) is 14.9 Å². The third kappa shape index (κ3) is 4.63. The van der Waals surface area contributed by atoms with Crippen molar-refractivity contribution < 1.29 is 0 Å². The summed E-state index contributed by atoms with van der Waals surface area (Å²) in [6.45, 7) is 7.74. The summed E-state index contributed by atoms with van der Waals surface area (Å²) in [5.74, 6) is 2.27. The van der Waals surface area contributed by atoms with E-state index in [2.05, 4.69) is 47.1 Å². The quantitative estimate of drug-likeness (QED) is 0.494. The highest BCUT2D eigenvalue weighted by molar-refractivity contribution is 7.19. The van der Waals surface area contributed by atoms with Gasteiger partial charge in [-0.15, -0.1) is 11.3 Å². The molecule has 0 radical (unpaired) electrons. The van der Waals surface area contributed by atoms with Crippen molar-refractivity contribution in [3.8, 4) is 0 Å². The van der Waals surface area contributed by atoms with Gasteiger partial charge in [0.15, 0.2) is 0 Å². The Hall–Kier alpha value is -1.98. The van der Waals surface area contributed by atoms with E-state index in [0.29, 0.717) is 0 Å². The van der Waals surface area contributed by atoms with Crippen molar-refractivity contribution >= 4 is 27.4 Å². The molecule has 4 nitrogen and oxygen atoms in total. The van der Waals surface area contributed by atoms with E-state index in [9.17, 15) is 0 Å². The fourth-order valence-electron chi connectivity index (χ4n) is 5.04. The molecule has 164 valence electrons. The smallest absolute Gasteiger partial charge is 0.141 e. The number of hydrogen-bond acceptors (Lipinski definition) is 5. The van der Waals surface area contributed by atoms with Crippen LogP contribution in [0, 0.1) is 0 Å². The van der Waals surface area contributed by atoms with Gasteiger partial charge in [-0.25, -0.2) is 9.97 Å². The maximum absolute atomic E-state index is 5.15. The fourth-order valence-corrected chi connectivity index (χ4v) is 6.31. The second-order valence-corrected chi connectivity index (χ2v) is 10.1. The number of aromatic nitrogens is 2. The van der Waals surface area contributed by atoms with Crippen molar-refractivity contribution in [2.45, 2.75) is 58.3 Å². The van der Waals surface area contributed by atoms with Gasteiger partial charge in [0.05, 0.1) is 5.39 Å². The molecule has 0 spiro atoms. The van der Waals surface area contributed by atoms with Crippen LogP contribution in [0.1, 0.15) is 54.4 Å². The van der Waals surface area contributed by atoms with E-state index in [-0.39, 0.29) is 0 Å². The van der Waals surface area contributed by atoms with Crippen LogP contribution in [0.3, 0.4) is 0 Å². The first kappa shape index (κ1) is 20.9. The van der Waals surface area contributed by atoms with Gasteiger partial charge >= 0.3 is 0 Å². The van der Waals surface area contributed by atoms with Crippen LogP contribution in [0.4, 0.5) is 5.82 Å². The van der Waals surface area contributed by atoms with Crippen LogP contribution in [-0.2, 0) is 25.7 Å². The monoisotopic (exact) mass is 434 g/mol. The van der Waals surface area contributed by atoms with Crippen LogP contribution >= 0.6 is 11.3 Å². The first-order valence-electron chi connectivity index (χ1n) is 12.1. The van der Waals surface area contributed by atoms with Gasteiger partial charge in [-0.3, -0.25) is 4.90 Å². The van der Waals surface area contributed by atoms with E-state index >= 15 is 0 Å². The van der Waals surface area contributed by atoms with E-state index in [1.165, 1.54) is 53.7 Å². The van der Waals surface area contributed by atoms with Gasteiger partial charge in [-0.1, -0.05) is 43.7 Å². The second kappa shape index (κ2) is 9.66. The van der Waals surface area contributed by atoms with Crippen molar-refractivity contribution in [2.75, 3.05) is 37.6 Å². The van der Waals surface area contributed by atoms with Gasteiger partial charge in [0.25, 0.3) is 0 Å². The molecule has 3 heterocycles. The van der Waals surface area contributed by atoms with Gasteiger partial charge in [0, 0.05) is 44.0 Å². The van der Waals surface area contributed by atoms with Crippen molar-refractivity contribution in [1.29, 1.82) is 0 Å². The summed E-state index contributed by atoms with van der Waals surface area (Å²) in [7, 11) is 0. The van der Waals surface area contributed by atoms with E-state index < -0.39 is 0 Å². The Morgan fingerprint density at radius 2 is 1.71 bits per heavy atom. The second-order valence-electron chi connectivity index (χ2n) is 9.02. The van der Waals surface area contributed by atoms with Crippen LogP contribution in [0.25, 0.3) is 10.2 Å². The van der Waals surface area contributed by atoms with Crippen molar-refractivity contribution in [3.63, 3.8) is 0 Å². The van der Waals surface area contributed by atoms with E-state index in [4.69, 9.17) is 9.97 Å². The number of hydrogen-bond donors (Lipinski definition) is 0. The van der Waals surface area contributed by atoms with Crippen LogP contribution in [0.15, 0.2) is 30.3 Å². The van der Waals surface area contributed by atoms with Gasteiger partial charge < -0.3 is 4.90 Å². The standard InChI is InChI=1S/C26H34N4S/c1-2-9-23-27-25(24-21-12-7-4-8-13-22(21)31-26(24)28-23)30-18-16-29(17-19-30)15-14-20-10-5-3-6-11-20/h3,5-6,10-11H,2,4,7-9,12-19H2,1H3. The third-order valence-electron chi connectivity index (χ3n) is 6.80. The molecule has 5 heteroatoms. The molecule has 1 aliphatic heterocycles. The van der Waals surface area contributed by atoms with Crippen molar-refractivity contribution in [3.05, 3.63) is 52.2 Å². The SMILES string of the molecule is CCCc1nc(N2CCN(CCc3ccccc3)CC2)c2c3c(sc2n1)CCCCC3. The summed E-state index contributed by atoms with van der Waals surface area (Å²) in [6.07, 6.45) is 9.63. The molecule has 0 unspecified atom stereocenters. The summed E-state index contributed by atoms with van der Waals surface area (Å²) in [5, 5.41) is 1.39. The lowest BCUT2D eigenvalue weighted by atomic mass is 10.1. The van der Waals surface area contributed by atoms with Gasteiger partial charge in [-0.05, 0) is 49.7 Å². The number of nitrogens with zero attached hydrogens (tertiary/aromatic N) is 4. The molecule has 31 heavy (non-hydrogen) atoms. The Kier molecular flexibility index (Phi) is 6.51. The zero-order chi connectivity index (χ0) is 21.0. The summed E-state index contributed by atoms with van der Waals surface area (Å²) >= 11 is 1.95. The molecule has 0 atom stereocenters. The highest BCUT2D eigenvalue weighted by Gasteiger charge is 2.25. The molecule has 3 aromatic rings. The minimum absolute atomic E-state index is 0.975. The molecule has 0 N–H and O–H groups in total. The molecule has 2 aromatic heterocycles. The molecule has 1 saturated heterocycles. The molecule has 1 aromatic carbocycles. The van der Waals surface area contributed by atoms with Gasteiger partial charge in [0.1, 0.15) is 16.5 Å².